The lowest BCUT2D eigenvalue weighted by Crippen LogP contribution is -2.36. The monoisotopic (exact) mass is 211 g/mol. The van der Waals surface area contributed by atoms with E-state index in [0.29, 0.717) is 13.0 Å². The summed E-state index contributed by atoms with van der Waals surface area (Å²) in [5, 5.41) is 10.9. The van der Waals surface area contributed by atoms with Crippen LogP contribution in [0.5, 0.6) is 0 Å². The molecule has 0 spiro atoms. The molecule has 0 aromatic carbocycles. The molecular formula is C10H17N3O2. The van der Waals surface area contributed by atoms with E-state index in [4.69, 9.17) is 15.7 Å². The van der Waals surface area contributed by atoms with Crippen molar-refractivity contribution < 1.29 is 9.53 Å². The molecule has 0 heterocycles. The van der Waals surface area contributed by atoms with Crippen LogP contribution < -0.4 is 11.1 Å². The van der Waals surface area contributed by atoms with Crippen LogP contribution in [0.15, 0.2) is 0 Å². The number of rotatable bonds is 5. The van der Waals surface area contributed by atoms with E-state index in [1.54, 1.807) is 0 Å². The van der Waals surface area contributed by atoms with Crippen LogP contribution >= 0.6 is 0 Å². The van der Waals surface area contributed by atoms with Crippen LogP contribution in [0.2, 0.25) is 0 Å². The van der Waals surface area contributed by atoms with Gasteiger partial charge in [0.1, 0.15) is 6.61 Å². The van der Waals surface area contributed by atoms with Crippen molar-refractivity contribution >= 4 is 5.91 Å². The summed E-state index contributed by atoms with van der Waals surface area (Å²) in [5.41, 5.74) is 5.79. The average molecular weight is 211 g/mol. The number of ether oxygens (including phenoxy) is 1. The quantitative estimate of drug-likeness (QED) is 0.622. The lowest BCUT2D eigenvalue weighted by Gasteiger charge is -2.15. The molecule has 3 N–H and O–H groups in total. The fourth-order valence-electron chi connectivity index (χ4n) is 1.65. The van der Waals surface area contributed by atoms with Gasteiger partial charge < -0.3 is 15.8 Å². The van der Waals surface area contributed by atoms with Gasteiger partial charge in [0.15, 0.2) is 0 Å². The van der Waals surface area contributed by atoms with Gasteiger partial charge >= 0.3 is 0 Å². The highest BCUT2D eigenvalue weighted by Crippen LogP contribution is 2.19. The molecule has 1 aliphatic carbocycles. The van der Waals surface area contributed by atoms with Crippen molar-refractivity contribution in [3.63, 3.8) is 0 Å². The molecule has 0 radical (unpaired) electrons. The standard InChI is InChI=1S/C10H17N3O2/c11-5-2-6-13-10(14)7-15-9-4-1-3-8(9)12/h8-9H,1-4,6-7,12H2,(H,13,14). The first-order chi connectivity index (χ1) is 7.24. The van der Waals surface area contributed by atoms with Crippen LogP contribution in [0.4, 0.5) is 0 Å². The summed E-state index contributed by atoms with van der Waals surface area (Å²) in [4.78, 5) is 11.2. The first-order valence-corrected chi connectivity index (χ1v) is 5.25. The Morgan fingerprint density at radius 2 is 2.40 bits per heavy atom. The van der Waals surface area contributed by atoms with Gasteiger partial charge in [-0.25, -0.2) is 0 Å². The molecule has 2 unspecified atom stereocenters. The highest BCUT2D eigenvalue weighted by atomic mass is 16.5. The summed E-state index contributed by atoms with van der Waals surface area (Å²) in [6.45, 7) is 0.430. The molecule has 1 aliphatic rings. The van der Waals surface area contributed by atoms with E-state index in [9.17, 15) is 4.79 Å². The van der Waals surface area contributed by atoms with Crippen molar-refractivity contribution in [2.75, 3.05) is 13.2 Å². The van der Waals surface area contributed by atoms with E-state index in [0.717, 1.165) is 19.3 Å². The lowest BCUT2D eigenvalue weighted by atomic mass is 10.2. The normalized spacial score (nSPS) is 24.8. The molecule has 0 saturated heterocycles. The van der Waals surface area contributed by atoms with Crippen LogP contribution in [0, 0.1) is 11.3 Å². The van der Waals surface area contributed by atoms with Gasteiger partial charge in [-0.15, -0.1) is 0 Å². The molecule has 0 aromatic rings. The van der Waals surface area contributed by atoms with E-state index in [-0.39, 0.29) is 24.7 Å². The molecule has 5 heteroatoms. The smallest absolute Gasteiger partial charge is 0.246 e. The Morgan fingerprint density at radius 3 is 3.00 bits per heavy atom. The minimum atomic E-state index is -0.177. The number of nitrogens with one attached hydrogen (secondary N) is 1. The lowest BCUT2D eigenvalue weighted by molar-refractivity contribution is -0.127. The molecule has 2 atom stereocenters. The summed E-state index contributed by atoms with van der Waals surface area (Å²) in [6.07, 6.45) is 3.33. The van der Waals surface area contributed by atoms with Crippen LogP contribution in [0.25, 0.3) is 0 Å². The van der Waals surface area contributed by atoms with Crippen molar-refractivity contribution in [1.82, 2.24) is 5.32 Å². The van der Waals surface area contributed by atoms with Crippen molar-refractivity contribution in [3.05, 3.63) is 0 Å². The third-order valence-electron chi connectivity index (χ3n) is 2.49. The molecule has 1 fully saturated rings. The van der Waals surface area contributed by atoms with Crippen LogP contribution in [-0.2, 0) is 9.53 Å². The molecule has 1 rings (SSSR count). The number of nitriles is 1. The SMILES string of the molecule is N#CCCNC(=O)COC1CCCC1N. The Kier molecular flexibility index (Phi) is 5.08. The van der Waals surface area contributed by atoms with Gasteiger partial charge in [0.05, 0.1) is 18.6 Å². The van der Waals surface area contributed by atoms with Gasteiger partial charge in [-0.1, -0.05) is 0 Å². The summed E-state index contributed by atoms with van der Waals surface area (Å²) in [5.74, 6) is -0.177. The van der Waals surface area contributed by atoms with Crippen molar-refractivity contribution in [2.24, 2.45) is 5.73 Å². The maximum atomic E-state index is 11.2. The van der Waals surface area contributed by atoms with Gasteiger partial charge in [0, 0.05) is 12.6 Å². The minimum absolute atomic E-state index is 0.0201. The van der Waals surface area contributed by atoms with Gasteiger partial charge in [0.2, 0.25) is 5.91 Å². The molecule has 0 bridgehead atoms. The van der Waals surface area contributed by atoms with Crippen molar-refractivity contribution in [1.29, 1.82) is 5.26 Å². The van der Waals surface area contributed by atoms with E-state index in [2.05, 4.69) is 5.32 Å². The first kappa shape index (κ1) is 12.0. The molecule has 1 amide bonds. The molecule has 15 heavy (non-hydrogen) atoms. The summed E-state index contributed by atoms with van der Waals surface area (Å²) >= 11 is 0. The highest BCUT2D eigenvalue weighted by molar-refractivity contribution is 5.77. The molecular weight excluding hydrogens is 194 g/mol. The second-order valence-electron chi connectivity index (χ2n) is 3.70. The number of hydrogen-bond donors (Lipinski definition) is 2. The first-order valence-electron chi connectivity index (χ1n) is 5.25. The Hall–Kier alpha value is -1.12. The highest BCUT2D eigenvalue weighted by Gasteiger charge is 2.24. The maximum absolute atomic E-state index is 11.2. The zero-order valence-electron chi connectivity index (χ0n) is 8.74. The third-order valence-corrected chi connectivity index (χ3v) is 2.49. The zero-order valence-corrected chi connectivity index (χ0v) is 8.74. The minimum Gasteiger partial charge on any atom is -0.367 e. The third kappa shape index (κ3) is 4.28. The van der Waals surface area contributed by atoms with Crippen molar-refractivity contribution in [3.8, 4) is 6.07 Å². The van der Waals surface area contributed by atoms with E-state index in [1.807, 2.05) is 6.07 Å². The maximum Gasteiger partial charge on any atom is 0.246 e. The van der Waals surface area contributed by atoms with Gasteiger partial charge in [-0.3, -0.25) is 4.79 Å². The van der Waals surface area contributed by atoms with Crippen LogP contribution in [0.1, 0.15) is 25.7 Å². The van der Waals surface area contributed by atoms with E-state index >= 15 is 0 Å². The summed E-state index contributed by atoms with van der Waals surface area (Å²) in [6, 6.07) is 2.02. The van der Waals surface area contributed by atoms with Gasteiger partial charge in [-0.2, -0.15) is 5.26 Å². The largest absolute Gasteiger partial charge is 0.367 e. The fourth-order valence-corrected chi connectivity index (χ4v) is 1.65. The zero-order chi connectivity index (χ0) is 11.1. The topological polar surface area (TPSA) is 88.1 Å². The van der Waals surface area contributed by atoms with Crippen LogP contribution in [0.3, 0.4) is 0 Å². The Balaban J connectivity index is 2.08. The second kappa shape index (κ2) is 6.38. The number of carbonyl (C=O) groups excluding carboxylic acids is 1. The van der Waals surface area contributed by atoms with E-state index in [1.165, 1.54) is 0 Å². The molecule has 5 nitrogen and oxygen atoms in total. The van der Waals surface area contributed by atoms with Gasteiger partial charge in [0.25, 0.3) is 0 Å². The number of nitrogens with two attached hydrogens (primary N) is 1. The fraction of sp³-hybridized carbons (Fsp3) is 0.800. The molecule has 1 saturated carbocycles. The summed E-state index contributed by atoms with van der Waals surface area (Å²) in [7, 11) is 0. The molecule has 84 valence electrons. The predicted octanol–water partition coefficient (Wildman–Crippen LogP) is -0.0873. The number of amides is 1. The Labute approximate surface area is 89.6 Å². The number of carbonyl (C=O) groups is 1. The van der Waals surface area contributed by atoms with Crippen molar-refractivity contribution in [2.45, 2.75) is 37.8 Å². The number of nitrogens with zero attached hydrogens (tertiary/aromatic N) is 1. The number of hydrogen-bond acceptors (Lipinski definition) is 4. The predicted molar refractivity (Wildman–Crippen MR) is 54.8 cm³/mol. The molecule has 0 aromatic heterocycles. The molecule has 0 aliphatic heterocycles. The summed E-state index contributed by atoms with van der Waals surface area (Å²) < 4.78 is 5.39. The Bertz CT molecular complexity index is 250. The average Bonchev–Trinajstić information content (AvgIpc) is 2.61. The second-order valence-corrected chi connectivity index (χ2v) is 3.70. The van der Waals surface area contributed by atoms with Gasteiger partial charge in [-0.05, 0) is 19.3 Å². The van der Waals surface area contributed by atoms with E-state index < -0.39 is 0 Å². The van der Waals surface area contributed by atoms with Crippen LogP contribution in [-0.4, -0.2) is 31.2 Å². The Morgan fingerprint density at radius 1 is 1.60 bits per heavy atom.